The minimum atomic E-state index is -0.976. The highest BCUT2D eigenvalue weighted by molar-refractivity contribution is 6.11. The summed E-state index contributed by atoms with van der Waals surface area (Å²) in [5.74, 6) is -1.24. The number of para-hydroxylation sites is 2. The summed E-state index contributed by atoms with van der Waals surface area (Å²) in [5.41, 5.74) is 2.19. The molecule has 3 heterocycles. The smallest absolute Gasteiger partial charge is 0.137 e. The van der Waals surface area contributed by atoms with Crippen molar-refractivity contribution in [3.63, 3.8) is 0 Å². The molecule has 0 saturated carbocycles. The van der Waals surface area contributed by atoms with E-state index in [4.69, 9.17) is 18.4 Å². The molecule has 0 aliphatic carbocycles. The topological polar surface area (TPSA) is 33.5 Å². The van der Waals surface area contributed by atoms with Gasteiger partial charge >= 0.3 is 0 Å². The lowest BCUT2D eigenvalue weighted by atomic mass is 9.77. The molecule has 1 aliphatic heterocycles. The Kier molecular flexibility index (Phi) is 7.51. The Morgan fingerprint density at radius 2 is 1.04 bits per heavy atom. The van der Waals surface area contributed by atoms with Gasteiger partial charge in [0.05, 0.1) is 56.9 Å². The number of benzene rings is 8. The predicted octanol–water partition coefficient (Wildman–Crippen LogP) is 19.4. The number of fused-ring (bicyclic) bond motifs is 4. The molecule has 0 spiro atoms. The first-order valence-electron chi connectivity index (χ1n) is 35.4. The van der Waals surface area contributed by atoms with Gasteiger partial charge in [-0.05, 0) is 139 Å². The van der Waals surface area contributed by atoms with Crippen molar-refractivity contribution >= 4 is 44.6 Å². The molecule has 0 atom stereocenters. The summed E-state index contributed by atoms with van der Waals surface area (Å²) in [6.45, 7) is 23.8. The van der Waals surface area contributed by atoms with Crippen molar-refractivity contribution in [1.82, 2.24) is 9.55 Å². The van der Waals surface area contributed by atoms with Crippen LogP contribution in [0.1, 0.15) is 134 Å². The molecule has 75 heavy (non-hydrogen) atoms. The van der Waals surface area contributed by atoms with Gasteiger partial charge in [0.1, 0.15) is 24.0 Å². The van der Waals surface area contributed by atoms with Gasteiger partial charge in [-0.3, -0.25) is 4.57 Å². The minimum absolute atomic E-state index is 0.0211. The Morgan fingerprint density at radius 3 is 1.68 bits per heavy atom. The SMILES string of the molecule is [2H]c1nc(-n2c3cc(Oc4cc(N5CN(c6c(-c7cc(C(C)(C)C)cc(C(C)(C)C)c7)cc(C(C)(C)C)cc6-c6c([2H])c([2H])c([2H])c([2H])c6[2H])c6ccccc65)c([2H])c([2H])c4[2H])c([2H])c([2H])c3c3c([2H])c(-c4c([2H])c([2H])c([2H])c([2H])c4[2H])c([2H])c([2H])c32)c([2H])c(C(C)(C)C)c1[2H]. The highest BCUT2D eigenvalue weighted by atomic mass is 16.5. The van der Waals surface area contributed by atoms with Crippen LogP contribution in [0.5, 0.6) is 11.5 Å². The van der Waals surface area contributed by atoms with E-state index in [-0.39, 0.29) is 73.7 Å². The van der Waals surface area contributed by atoms with Crippen LogP contribution in [0, 0.1) is 0 Å². The third-order valence-electron chi connectivity index (χ3n) is 13.5. The van der Waals surface area contributed by atoms with E-state index < -0.39 is 149 Å². The summed E-state index contributed by atoms with van der Waals surface area (Å²) in [6.07, 6.45) is -0.597. The maximum absolute atomic E-state index is 9.81. The van der Waals surface area contributed by atoms with Crippen LogP contribution in [0.25, 0.3) is 61.0 Å². The maximum Gasteiger partial charge on any atom is 0.137 e. The van der Waals surface area contributed by atoms with Crippen molar-refractivity contribution in [3.8, 4) is 50.7 Å². The van der Waals surface area contributed by atoms with Crippen molar-refractivity contribution < 1.29 is 33.5 Å². The molecule has 0 radical (unpaired) electrons. The van der Waals surface area contributed by atoms with Crippen LogP contribution in [0.15, 0.2) is 194 Å². The average molecular weight is 1000 g/mol. The Morgan fingerprint density at radius 1 is 0.453 bits per heavy atom. The van der Waals surface area contributed by atoms with Gasteiger partial charge in [0, 0.05) is 45.9 Å². The third-order valence-corrected chi connectivity index (χ3v) is 13.5. The Labute approximate surface area is 474 Å². The monoisotopic (exact) mass is 1000 g/mol. The van der Waals surface area contributed by atoms with Crippen LogP contribution in [0.3, 0.4) is 0 Å². The number of anilines is 4. The zero-order valence-corrected chi connectivity index (χ0v) is 44.3. The van der Waals surface area contributed by atoms with E-state index in [9.17, 15) is 15.1 Å². The molecule has 11 rings (SSSR count). The van der Waals surface area contributed by atoms with E-state index in [0.717, 1.165) is 26.8 Å². The number of pyridine rings is 1. The van der Waals surface area contributed by atoms with Crippen molar-refractivity contribution in [2.45, 2.75) is 105 Å². The van der Waals surface area contributed by atoms with Crippen LogP contribution in [0.4, 0.5) is 22.7 Å². The highest BCUT2D eigenvalue weighted by Gasteiger charge is 2.34. The molecule has 376 valence electrons. The molecular formula is C70H70N4O. The molecule has 0 saturated heterocycles. The average Bonchev–Trinajstić information content (AvgIpc) is 1.50. The summed E-state index contributed by atoms with van der Waals surface area (Å²) in [6, 6.07) is 7.80. The molecule has 8 aromatic carbocycles. The van der Waals surface area contributed by atoms with E-state index >= 15 is 0 Å². The summed E-state index contributed by atoms with van der Waals surface area (Å²) in [5, 5.41) is -0.594. The number of aromatic nitrogens is 2. The second-order valence-electron chi connectivity index (χ2n) is 23.1. The number of hydrogen-bond acceptors (Lipinski definition) is 4. The van der Waals surface area contributed by atoms with E-state index in [1.54, 1.807) is 37.8 Å². The van der Waals surface area contributed by atoms with Gasteiger partial charge < -0.3 is 14.5 Å². The highest BCUT2D eigenvalue weighted by Crippen LogP contribution is 2.52. The minimum Gasteiger partial charge on any atom is -0.457 e. The third kappa shape index (κ3) is 9.50. The number of ether oxygens (including phenoxy) is 1. The van der Waals surface area contributed by atoms with Crippen molar-refractivity contribution in [1.29, 1.82) is 0 Å². The summed E-state index contributed by atoms with van der Waals surface area (Å²) in [7, 11) is 0. The van der Waals surface area contributed by atoms with Gasteiger partial charge in [-0.1, -0.05) is 186 Å². The van der Waals surface area contributed by atoms with Crippen molar-refractivity contribution in [2.24, 2.45) is 0 Å². The first kappa shape index (κ1) is 30.5. The molecule has 0 amide bonds. The van der Waals surface area contributed by atoms with Gasteiger partial charge in [-0.25, -0.2) is 4.98 Å². The number of rotatable bonds is 8. The second kappa shape index (κ2) is 18.5. The van der Waals surface area contributed by atoms with Gasteiger partial charge in [0.25, 0.3) is 0 Å². The van der Waals surface area contributed by atoms with Crippen LogP contribution in [-0.2, 0) is 21.7 Å². The normalized spacial score (nSPS) is 17.1. The second-order valence-corrected chi connectivity index (χ2v) is 23.1. The van der Waals surface area contributed by atoms with Crippen LogP contribution in [-0.4, -0.2) is 16.2 Å². The largest absolute Gasteiger partial charge is 0.457 e. The van der Waals surface area contributed by atoms with Crippen LogP contribution < -0.4 is 14.5 Å². The fourth-order valence-electron chi connectivity index (χ4n) is 9.31. The summed E-state index contributed by atoms with van der Waals surface area (Å²) >= 11 is 0. The quantitative estimate of drug-likeness (QED) is 0.152. The lowest BCUT2D eigenvalue weighted by Gasteiger charge is -2.31. The number of nitrogens with zero attached hydrogens (tertiary/aromatic N) is 4. The van der Waals surface area contributed by atoms with E-state index in [0.29, 0.717) is 28.2 Å². The zero-order chi connectivity index (χ0) is 70.9. The lowest BCUT2D eigenvalue weighted by molar-refractivity contribution is 0.483. The number of hydrogen-bond donors (Lipinski definition) is 0. The van der Waals surface area contributed by atoms with E-state index in [1.165, 1.54) is 12.1 Å². The molecule has 5 nitrogen and oxygen atoms in total. The molecule has 5 heteroatoms. The Hall–Kier alpha value is -7.89. The molecule has 0 N–H and O–H groups in total. The zero-order valence-electron chi connectivity index (χ0n) is 65.3. The molecule has 10 aromatic rings. The first-order valence-corrected chi connectivity index (χ1v) is 24.9. The summed E-state index contributed by atoms with van der Waals surface area (Å²) in [4.78, 5) is 8.04. The first-order chi connectivity index (χ1) is 44.4. The van der Waals surface area contributed by atoms with Crippen molar-refractivity contribution in [2.75, 3.05) is 16.5 Å². The fraction of sp³-hybridized carbons (Fsp3) is 0.243. The van der Waals surface area contributed by atoms with E-state index in [1.807, 2.05) is 43.9 Å². The maximum atomic E-state index is 9.81. The molecule has 0 bridgehead atoms. The Balaban J connectivity index is 1.17. The predicted molar refractivity (Wildman–Crippen MR) is 318 cm³/mol. The summed E-state index contributed by atoms with van der Waals surface area (Å²) < 4.78 is 201. The fourth-order valence-corrected chi connectivity index (χ4v) is 9.31. The molecule has 2 aromatic heterocycles. The molecule has 1 aliphatic rings. The lowest BCUT2D eigenvalue weighted by Crippen LogP contribution is -2.25. The molecular weight excluding hydrogens is 913 g/mol. The van der Waals surface area contributed by atoms with Gasteiger partial charge in [-0.2, -0.15) is 0 Å². The van der Waals surface area contributed by atoms with Crippen LogP contribution in [0.2, 0.25) is 0 Å². The molecule has 0 fully saturated rings. The van der Waals surface area contributed by atoms with Gasteiger partial charge in [-0.15, -0.1) is 0 Å². The Bertz CT molecular complexity index is 4940. The molecule has 0 unspecified atom stereocenters. The van der Waals surface area contributed by atoms with Gasteiger partial charge in [0.15, 0.2) is 0 Å². The standard InChI is InChI=1S/C70H70N4O/c1-67(2,3)50-34-35-71-65(42-50)74-61-33-30-48(46-22-15-13-16-23-46)38-60(61)57-32-31-56(44-64(57)74)75-55-27-21-26-54(43-55)72-45-73(63-29-20-19-28-62(63)72)66-58(47-24-17-14-18-25-47)40-53(70(10,11)12)41-59(66)49-36-51(68(4,5)6)39-52(37-49)69(7,8)9/h13-44H,45H2,1-12H3/i13D,14D,15D,16D,17D,18D,21D,22D,23D,24D,25D,26D,27D,30D,31D,32D,33D,34D,35D,38D,42D. The van der Waals surface area contributed by atoms with E-state index in [2.05, 4.69) is 70.8 Å². The van der Waals surface area contributed by atoms with Gasteiger partial charge in [0.2, 0.25) is 0 Å². The van der Waals surface area contributed by atoms with Crippen LogP contribution >= 0.6 is 0 Å². The van der Waals surface area contributed by atoms with Crippen molar-refractivity contribution in [3.05, 3.63) is 216 Å².